The minimum atomic E-state index is 0.677. The van der Waals surface area contributed by atoms with Gasteiger partial charge in [-0.25, -0.2) is 4.98 Å². The van der Waals surface area contributed by atoms with Gasteiger partial charge < -0.3 is 4.42 Å². The van der Waals surface area contributed by atoms with Gasteiger partial charge in [0.05, 0.1) is 6.20 Å². The zero-order valence-corrected chi connectivity index (χ0v) is 10.6. The second-order valence-electron chi connectivity index (χ2n) is 2.90. The lowest BCUT2D eigenvalue weighted by atomic mass is 10.2. The maximum Gasteiger partial charge on any atom is 0.191 e. The van der Waals surface area contributed by atoms with Gasteiger partial charge in [0, 0.05) is 21.4 Å². The minimum absolute atomic E-state index is 0.677. The van der Waals surface area contributed by atoms with Gasteiger partial charge in [-0.3, -0.25) is 0 Å². The number of oxazole rings is 1. The highest BCUT2D eigenvalue weighted by atomic mass is 79.9. The first-order chi connectivity index (χ1) is 6.65. The second-order valence-corrected chi connectivity index (χ2v) is 4.73. The van der Waals surface area contributed by atoms with E-state index in [2.05, 4.69) is 36.8 Å². The van der Waals surface area contributed by atoms with E-state index in [1.54, 1.807) is 6.20 Å². The Bertz CT molecular complexity index is 445. The molecule has 0 saturated carbocycles. The quantitative estimate of drug-likeness (QED) is 0.789. The highest BCUT2D eigenvalue weighted by molar-refractivity contribution is 9.11. The monoisotopic (exact) mass is 315 g/mol. The van der Waals surface area contributed by atoms with Crippen molar-refractivity contribution in [2.45, 2.75) is 6.92 Å². The highest BCUT2D eigenvalue weighted by Gasteiger charge is 2.05. The van der Waals surface area contributed by atoms with Gasteiger partial charge in [-0.15, -0.1) is 0 Å². The van der Waals surface area contributed by atoms with Crippen molar-refractivity contribution < 1.29 is 4.42 Å². The Labute approximate surface area is 98.6 Å². The van der Waals surface area contributed by atoms with Crippen molar-refractivity contribution in [1.29, 1.82) is 0 Å². The summed E-state index contributed by atoms with van der Waals surface area (Å²) in [6.07, 6.45) is 1.73. The highest BCUT2D eigenvalue weighted by Crippen LogP contribution is 2.27. The molecule has 0 aliphatic rings. The molecule has 0 amide bonds. The Morgan fingerprint density at radius 1 is 1.14 bits per heavy atom. The number of hydrogen-bond donors (Lipinski definition) is 0. The van der Waals surface area contributed by atoms with Crippen molar-refractivity contribution in [2.24, 2.45) is 0 Å². The fraction of sp³-hybridized carbons (Fsp3) is 0.100. The summed E-state index contributed by atoms with van der Waals surface area (Å²) >= 11 is 6.85. The van der Waals surface area contributed by atoms with E-state index in [-0.39, 0.29) is 0 Å². The SMILES string of the molecule is Cc1ncc(-c2cc(Br)cc(Br)c2)o1. The van der Waals surface area contributed by atoms with Gasteiger partial charge in [0.15, 0.2) is 11.7 Å². The predicted molar refractivity (Wildman–Crippen MR) is 62.1 cm³/mol. The summed E-state index contributed by atoms with van der Waals surface area (Å²) in [6, 6.07) is 5.96. The summed E-state index contributed by atoms with van der Waals surface area (Å²) in [5.74, 6) is 1.46. The summed E-state index contributed by atoms with van der Waals surface area (Å²) in [4.78, 5) is 4.06. The first-order valence-electron chi connectivity index (χ1n) is 4.04. The fourth-order valence-corrected chi connectivity index (χ4v) is 2.48. The number of hydrogen-bond acceptors (Lipinski definition) is 2. The van der Waals surface area contributed by atoms with E-state index >= 15 is 0 Å². The molecule has 0 fully saturated rings. The minimum Gasteiger partial charge on any atom is -0.441 e. The molecule has 0 spiro atoms. The predicted octanol–water partition coefficient (Wildman–Crippen LogP) is 4.18. The van der Waals surface area contributed by atoms with E-state index in [0.717, 1.165) is 20.3 Å². The van der Waals surface area contributed by atoms with E-state index in [4.69, 9.17) is 4.42 Å². The molecule has 2 nitrogen and oxygen atoms in total. The Balaban J connectivity index is 2.51. The van der Waals surface area contributed by atoms with Gasteiger partial charge in [0.25, 0.3) is 0 Å². The molecule has 1 heterocycles. The van der Waals surface area contributed by atoms with E-state index < -0.39 is 0 Å². The van der Waals surface area contributed by atoms with Crippen LogP contribution in [0.4, 0.5) is 0 Å². The molecule has 0 saturated heterocycles. The second kappa shape index (κ2) is 3.87. The first-order valence-corrected chi connectivity index (χ1v) is 5.62. The topological polar surface area (TPSA) is 26.0 Å². The lowest BCUT2D eigenvalue weighted by molar-refractivity contribution is 0.534. The molecule has 4 heteroatoms. The molecule has 1 aromatic carbocycles. The molecule has 0 unspecified atom stereocenters. The van der Waals surface area contributed by atoms with E-state index in [1.807, 2.05) is 25.1 Å². The molecule has 0 N–H and O–H groups in total. The number of rotatable bonds is 1. The molecule has 2 aromatic rings. The Hall–Kier alpha value is -0.610. The van der Waals surface area contributed by atoms with Crippen molar-refractivity contribution >= 4 is 31.9 Å². The Morgan fingerprint density at radius 2 is 1.79 bits per heavy atom. The molecule has 1 aromatic heterocycles. The smallest absolute Gasteiger partial charge is 0.191 e. The third kappa shape index (κ3) is 2.07. The summed E-state index contributed by atoms with van der Waals surface area (Å²) in [7, 11) is 0. The Morgan fingerprint density at radius 3 is 2.29 bits per heavy atom. The van der Waals surface area contributed by atoms with Crippen molar-refractivity contribution in [1.82, 2.24) is 4.98 Å². The number of halogens is 2. The van der Waals surface area contributed by atoms with E-state index in [1.165, 1.54) is 0 Å². The van der Waals surface area contributed by atoms with Crippen molar-refractivity contribution in [3.63, 3.8) is 0 Å². The van der Waals surface area contributed by atoms with Gasteiger partial charge >= 0.3 is 0 Å². The lowest BCUT2D eigenvalue weighted by Crippen LogP contribution is -1.75. The third-order valence-electron chi connectivity index (χ3n) is 1.77. The molecule has 72 valence electrons. The first kappa shape index (κ1) is 9.93. The maximum atomic E-state index is 5.43. The van der Waals surface area contributed by atoms with E-state index in [0.29, 0.717) is 5.89 Å². The molecular formula is C10H7Br2NO. The molecule has 0 aliphatic heterocycles. The standard InChI is InChI=1S/C10H7Br2NO/c1-6-13-5-10(14-6)7-2-8(11)4-9(12)3-7/h2-5H,1H3. The average molecular weight is 317 g/mol. The van der Waals surface area contributed by atoms with Crippen LogP contribution in [0.15, 0.2) is 37.8 Å². The van der Waals surface area contributed by atoms with Crippen molar-refractivity contribution in [2.75, 3.05) is 0 Å². The van der Waals surface area contributed by atoms with Crippen LogP contribution >= 0.6 is 31.9 Å². The van der Waals surface area contributed by atoms with Crippen LogP contribution in [0.25, 0.3) is 11.3 Å². The van der Waals surface area contributed by atoms with Crippen LogP contribution in [0.1, 0.15) is 5.89 Å². The number of aryl methyl sites for hydroxylation is 1. The van der Waals surface area contributed by atoms with Gasteiger partial charge in [-0.2, -0.15) is 0 Å². The number of benzene rings is 1. The molecule has 14 heavy (non-hydrogen) atoms. The maximum absolute atomic E-state index is 5.43. The molecule has 0 aliphatic carbocycles. The molecular weight excluding hydrogens is 310 g/mol. The van der Waals surface area contributed by atoms with Gasteiger partial charge in [0.1, 0.15) is 0 Å². The zero-order chi connectivity index (χ0) is 10.1. The molecule has 0 atom stereocenters. The normalized spacial score (nSPS) is 10.5. The van der Waals surface area contributed by atoms with Crippen LogP contribution < -0.4 is 0 Å². The number of nitrogens with zero attached hydrogens (tertiary/aromatic N) is 1. The average Bonchev–Trinajstić information content (AvgIpc) is 2.50. The number of aromatic nitrogens is 1. The van der Waals surface area contributed by atoms with Gasteiger partial charge in [-0.1, -0.05) is 31.9 Å². The Kier molecular flexibility index (Phi) is 2.74. The van der Waals surface area contributed by atoms with Crippen LogP contribution in [-0.4, -0.2) is 4.98 Å². The molecule has 2 rings (SSSR count). The van der Waals surface area contributed by atoms with Crippen molar-refractivity contribution in [3.05, 3.63) is 39.2 Å². The molecule has 0 radical (unpaired) electrons. The summed E-state index contributed by atoms with van der Waals surface area (Å²) in [5, 5.41) is 0. The lowest BCUT2D eigenvalue weighted by Gasteiger charge is -1.98. The van der Waals surface area contributed by atoms with E-state index in [9.17, 15) is 0 Å². The van der Waals surface area contributed by atoms with Gasteiger partial charge in [0.2, 0.25) is 0 Å². The fourth-order valence-electron chi connectivity index (χ4n) is 1.19. The summed E-state index contributed by atoms with van der Waals surface area (Å²) < 4.78 is 7.45. The third-order valence-corrected chi connectivity index (χ3v) is 2.68. The van der Waals surface area contributed by atoms with Crippen LogP contribution in [0.2, 0.25) is 0 Å². The largest absolute Gasteiger partial charge is 0.441 e. The summed E-state index contributed by atoms with van der Waals surface area (Å²) in [6.45, 7) is 1.83. The van der Waals surface area contributed by atoms with Gasteiger partial charge in [-0.05, 0) is 18.2 Å². The van der Waals surface area contributed by atoms with Crippen LogP contribution in [0.5, 0.6) is 0 Å². The van der Waals surface area contributed by atoms with Crippen LogP contribution in [0, 0.1) is 6.92 Å². The van der Waals surface area contributed by atoms with Crippen LogP contribution in [0.3, 0.4) is 0 Å². The van der Waals surface area contributed by atoms with Crippen molar-refractivity contribution in [3.8, 4) is 11.3 Å². The summed E-state index contributed by atoms with van der Waals surface area (Å²) in [5.41, 5.74) is 1.01. The van der Waals surface area contributed by atoms with Crippen LogP contribution in [-0.2, 0) is 0 Å². The molecule has 0 bridgehead atoms. The zero-order valence-electron chi connectivity index (χ0n) is 7.42.